The van der Waals surface area contributed by atoms with Crippen LogP contribution in [0.4, 0.5) is 5.69 Å². The minimum absolute atomic E-state index is 0.268. The van der Waals surface area contributed by atoms with Crippen molar-refractivity contribution in [1.29, 1.82) is 0 Å². The van der Waals surface area contributed by atoms with Gasteiger partial charge in [-0.1, -0.05) is 182 Å². The Morgan fingerprint density at radius 2 is 0.672 bits per heavy atom. The number of hydrogen-bond acceptors (Lipinski definition) is 3. The summed E-state index contributed by atoms with van der Waals surface area (Å²) in [5.41, 5.74) is 16.4. The van der Waals surface area contributed by atoms with Crippen molar-refractivity contribution in [3.63, 3.8) is 0 Å². The van der Waals surface area contributed by atoms with Crippen molar-refractivity contribution in [3.8, 4) is 39.1 Å². The van der Waals surface area contributed by atoms with Gasteiger partial charge in [0.05, 0.1) is 10.8 Å². The van der Waals surface area contributed by atoms with E-state index in [-0.39, 0.29) is 5.75 Å². The molecule has 0 fully saturated rings. The zero-order valence-corrected chi connectivity index (χ0v) is 33.1. The molecule has 10 aromatic carbocycles. The molecule has 0 saturated heterocycles. The van der Waals surface area contributed by atoms with Crippen molar-refractivity contribution in [3.05, 3.63) is 268 Å². The number of fused-ring (bicyclic) bond motifs is 8. The van der Waals surface area contributed by atoms with Crippen molar-refractivity contribution in [1.82, 2.24) is 0 Å². The smallest absolute Gasteiger partial charge is 0.116 e. The van der Waals surface area contributed by atoms with Gasteiger partial charge in [-0.2, -0.15) is 0 Å². The van der Waals surface area contributed by atoms with E-state index >= 15 is 0 Å². The molecule has 0 atom stereocenters. The van der Waals surface area contributed by atoms with E-state index in [0.29, 0.717) is 5.69 Å². The minimum atomic E-state index is -0.556. The lowest BCUT2D eigenvalue weighted by atomic mass is 9.67. The van der Waals surface area contributed by atoms with E-state index in [4.69, 9.17) is 0 Å². The van der Waals surface area contributed by atoms with Crippen LogP contribution >= 0.6 is 0 Å². The quantitative estimate of drug-likeness (QED) is 0.171. The van der Waals surface area contributed by atoms with E-state index < -0.39 is 10.8 Å². The topological polar surface area (TPSA) is 49.7 Å². The summed E-state index contributed by atoms with van der Waals surface area (Å²) in [7, 11) is 0. The molecule has 3 nitrogen and oxygen atoms in total. The largest absolute Gasteiger partial charge is 0.508 e. The summed E-state index contributed by atoms with van der Waals surface area (Å²) in [6.45, 7) is 0. The van der Waals surface area contributed by atoms with Gasteiger partial charge in [0.25, 0.3) is 0 Å². The number of benzene rings is 10. The van der Waals surface area contributed by atoms with Gasteiger partial charge in [0.1, 0.15) is 11.4 Å². The van der Waals surface area contributed by atoms with E-state index in [0.717, 1.165) is 32.7 Å². The predicted molar refractivity (Wildman–Crippen MR) is 249 cm³/mol. The van der Waals surface area contributed by atoms with Crippen LogP contribution in [0, 0.1) is 4.91 Å². The summed E-state index contributed by atoms with van der Waals surface area (Å²) in [5, 5.41) is 17.6. The van der Waals surface area contributed by atoms with Gasteiger partial charge in [0.15, 0.2) is 0 Å². The molecule has 0 saturated carbocycles. The normalized spacial score (nSPS) is 14.0. The maximum Gasteiger partial charge on any atom is 0.116 e. The molecule has 0 aliphatic heterocycles. The molecule has 0 amide bonds. The highest BCUT2D eigenvalue weighted by molar-refractivity contribution is 5.92. The zero-order valence-electron chi connectivity index (χ0n) is 33.1. The average Bonchev–Trinajstić information content (AvgIpc) is 3.80. The van der Waals surface area contributed by atoms with Gasteiger partial charge < -0.3 is 5.11 Å². The van der Waals surface area contributed by atoms with Crippen LogP contribution in [0.25, 0.3) is 54.9 Å². The van der Waals surface area contributed by atoms with Crippen molar-refractivity contribution in [2.24, 2.45) is 5.18 Å². The number of hydrogen-bond donors (Lipinski definition) is 1. The predicted octanol–water partition coefficient (Wildman–Crippen LogP) is 14.5. The van der Waals surface area contributed by atoms with Gasteiger partial charge >= 0.3 is 0 Å². The molecule has 10 aromatic rings. The standard InChI is InChI=1S/C58H37NO2/c60-48-32-24-40-34-46(30-22-42(40)36-48)58(55-15-7-3-11-51(55)52-12-4-8-16-56(52)58)44-27-19-38(20-28-44)37-17-25-43(26-18-37)57(45-29-21-41-35-47(59-61)31-23-39(41)33-45)53-13-5-1-9-49(53)50-10-2-6-14-54(50)57/h1-36,60H. The molecule has 3 heteroatoms. The van der Waals surface area contributed by atoms with Crippen LogP contribution in [-0.2, 0) is 10.8 Å². The van der Waals surface area contributed by atoms with Crippen molar-refractivity contribution in [2.75, 3.05) is 0 Å². The van der Waals surface area contributed by atoms with Crippen LogP contribution in [0.3, 0.4) is 0 Å². The Hall–Kier alpha value is -7.88. The third kappa shape index (κ3) is 4.98. The summed E-state index contributed by atoms with van der Waals surface area (Å²) < 4.78 is 0. The van der Waals surface area contributed by atoms with Crippen LogP contribution in [0.2, 0.25) is 0 Å². The van der Waals surface area contributed by atoms with Crippen LogP contribution < -0.4 is 0 Å². The molecule has 0 aromatic heterocycles. The second-order valence-electron chi connectivity index (χ2n) is 16.4. The van der Waals surface area contributed by atoms with E-state index in [1.54, 1.807) is 12.1 Å². The maximum absolute atomic E-state index is 11.4. The van der Waals surface area contributed by atoms with Crippen molar-refractivity contribution in [2.45, 2.75) is 10.8 Å². The summed E-state index contributed by atoms with van der Waals surface area (Å²) in [6.07, 6.45) is 0. The molecular weight excluding hydrogens is 743 g/mol. The second-order valence-corrected chi connectivity index (χ2v) is 16.4. The van der Waals surface area contributed by atoms with Crippen LogP contribution in [0.1, 0.15) is 44.5 Å². The molecule has 286 valence electrons. The molecule has 0 heterocycles. The fraction of sp³-hybridized carbons (Fsp3) is 0.0345. The first-order valence-electron chi connectivity index (χ1n) is 20.8. The first kappa shape index (κ1) is 35.1. The summed E-state index contributed by atoms with van der Waals surface area (Å²) in [6, 6.07) is 78.1. The lowest BCUT2D eigenvalue weighted by molar-refractivity contribution is 0.476. The Morgan fingerprint density at radius 3 is 1.10 bits per heavy atom. The highest BCUT2D eigenvalue weighted by atomic mass is 16.3. The molecule has 0 bridgehead atoms. The van der Waals surface area contributed by atoms with Crippen LogP contribution in [0.15, 0.2) is 224 Å². The first-order valence-corrected chi connectivity index (χ1v) is 20.8. The highest BCUT2D eigenvalue weighted by Crippen LogP contribution is 2.58. The molecule has 0 radical (unpaired) electrons. The van der Waals surface area contributed by atoms with E-state index in [1.165, 1.54) is 66.8 Å². The minimum Gasteiger partial charge on any atom is -0.508 e. The summed E-state index contributed by atoms with van der Waals surface area (Å²) in [4.78, 5) is 11.4. The fourth-order valence-electron chi connectivity index (χ4n) is 10.9. The monoisotopic (exact) mass is 779 g/mol. The van der Waals surface area contributed by atoms with Gasteiger partial charge in [-0.05, 0) is 141 Å². The third-order valence-electron chi connectivity index (χ3n) is 13.5. The van der Waals surface area contributed by atoms with Gasteiger partial charge in [0.2, 0.25) is 0 Å². The number of phenolic OH excluding ortho intramolecular Hbond substituents is 1. The van der Waals surface area contributed by atoms with Gasteiger partial charge in [-0.25, -0.2) is 0 Å². The van der Waals surface area contributed by atoms with Crippen LogP contribution in [0.5, 0.6) is 5.75 Å². The summed E-state index contributed by atoms with van der Waals surface area (Å²) >= 11 is 0. The number of phenols is 1. The molecule has 2 aliphatic carbocycles. The molecule has 0 spiro atoms. The Morgan fingerprint density at radius 1 is 0.328 bits per heavy atom. The number of nitrogens with zero attached hydrogens (tertiary/aromatic N) is 1. The van der Waals surface area contributed by atoms with Gasteiger partial charge in [-0.15, -0.1) is 4.91 Å². The lowest BCUT2D eigenvalue weighted by Gasteiger charge is -2.34. The average molecular weight is 780 g/mol. The third-order valence-corrected chi connectivity index (χ3v) is 13.5. The lowest BCUT2D eigenvalue weighted by Crippen LogP contribution is -2.28. The van der Waals surface area contributed by atoms with Gasteiger partial charge in [0, 0.05) is 0 Å². The first-order chi connectivity index (χ1) is 30.1. The fourth-order valence-corrected chi connectivity index (χ4v) is 10.9. The molecular formula is C58H37NO2. The Kier molecular flexibility index (Phi) is 7.66. The highest BCUT2D eigenvalue weighted by Gasteiger charge is 2.47. The number of nitroso groups, excluding NO2 is 1. The molecule has 1 N–H and O–H groups in total. The second kappa shape index (κ2) is 13.3. The molecule has 61 heavy (non-hydrogen) atoms. The zero-order chi connectivity index (χ0) is 40.7. The Bertz CT molecular complexity index is 3310. The summed E-state index contributed by atoms with van der Waals surface area (Å²) in [5.74, 6) is 0.268. The molecule has 12 rings (SSSR count). The van der Waals surface area contributed by atoms with Gasteiger partial charge in [-0.3, -0.25) is 0 Å². The number of rotatable bonds is 6. The van der Waals surface area contributed by atoms with E-state index in [2.05, 4.69) is 187 Å². The van der Waals surface area contributed by atoms with Crippen LogP contribution in [-0.4, -0.2) is 5.11 Å². The SMILES string of the molecule is O=Nc1ccc2cc(C3(c4ccc(-c5ccc(C6(c7ccc8cc(O)ccc8c7)c7ccccc7-c7ccccc76)cc5)cc4)c4ccccc4-c4ccccc43)ccc2c1. The van der Waals surface area contributed by atoms with Crippen molar-refractivity contribution < 1.29 is 5.11 Å². The Labute approximate surface area is 353 Å². The Balaban J connectivity index is 1.00. The van der Waals surface area contributed by atoms with E-state index in [1.807, 2.05) is 24.3 Å². The maximum atomic E-state index is 11.4. The van der Waals surface area contributed by atoms with Crippen molar-refractivity contribution >= 4 is 27.2 Å². The van der Waals surface area contributed by atoms with E-state index in [9.17, 15) is 10.0 Å². The molecule has 0 unspecified atom stereocenters. The molecule has 2 aliphatic rings. The number of aromatic hydroxyl groups is 1.